The number of imidazole rings is 1. The molecule has 12 nitrogen and oxygen atoms in total. The van der Waals surface area contributed by atoms with Crippen molar-refractivity contribution in [2.75, 3.05) is 24.1 Å². The van der Waals surface area contributed by atoms with E-state index in [0.717, 1.165) is 38.2 Å². The maximum absolute atomic E-state index is 12.0. The molecule has 1 fully saturated rings. The maximum Gasteiger partial charge on any atom is 0.248 e. The van der Waals surface area contributed by atoms with Gasteiger partial charge in [0.25, 0.3) is 0 Å². The fraction of sp³-hybridized carbons (Fsp3) is 0.182. The number of pyridine rings is 3. The normalized spacial score (nSPS) is 13.9. The Morgan fingerprint density at radius 1 is 0.978 bits per heavy atom. The van der Waals surface area contributed by atoms with Crippen LogP contribution in [0.1, 0.15) is 24.1 Å². The highest BCUT2D eigenvalue weighted by Gasteiger charge is 2.21. The quantitative estimate of drug-likeness (QED) is 0.244. The zero-order chi connectivity index (χ0) is 30.8. The summed E-state index contributed by atoms with van der Waals surface area (Å²) in [6, 6.07) is 24.9. The Morgan fingerprint density at radius 2 is 1.82 bits per heavy atom. The number of nitrogens with two attached hydrogens (primary N) is 1. The number of nitrogen functional groups attached to an aromatic ring is 1. The molecule has 0 aliphatic carbocycles. The zero-order valence-corrected chi connectivity index (χ0v) is 24.3. The first-order chi connectivity index (χ1) is 22.0. The summed E-state index contributed by atoms with van der Waals surface area (Å²) in [5, 5.41) is 12.5. The summed E-state index contributed by atoms with van der Waals surface area (Å²) in [7, 11) is 0. The number of fused-ring (bicyclic) bond motifs is 1. The predicted octanol–water partition coefficient (Wildman–Crippen LogP) is 4.16. The van der Waals surface area contributed by atoms with E-state index in [-0.39, 0.29) is 5.56 Å². The first-order valence-corrected chi connectivity index (χ1v) is 14.6. The summed E-state index contributed by atoms with van der Waals surface area (Å²) in [5.41, 5.74) is 11.8. The van der Waals surface area contributed by atoms with Crippen LogP contribution in [0, 0.1) is 11.3 Å². The number of nitrogens with zero attached hydrogens (tertiary/aromatic N) is 8. The average molecular weight is 596 g/mol. The molecule has 5 aromatic heterocycles. The molecule has 1 saturated heterocycles. The molecule has 0 radical (unpaired) electrons. The van der Waals surface area contributed by atoms with E-state index in [1.165, 1.54) is 18.0 Å². The van der Waals surface area contributed by atoms with Crippen LogP contribution in [0.15, 0.2) is 90.1 Å². The molecule has 0 amide bonds. The molecule has 1 aliphatic rings. The van der Waals surface area contributed by atoms with Gasteiger partial charge in [-0.15, -0.1) is 0 Å². The van der Waals surface area contributed by atoms with Crippen molar-refractivity contribution < 1.29 is 0 Å². The topological polar surface area (TPSA) is 167 Å². The Hall–Kier alpha value is -5.93. The number of benzene rings is 1. The van der Waals surface area contributed by atoms with Crippen molar-refractivity contribution in [2.24, 2.45) is 0 Å². The van der Waals surface area contributed by atoms with Gasteiger partial charge in [-0.2, -0.15) is 5.26 Å². The number of anilines is 2. The number of aromatic nitrogens is 7. The molecule has 6 aromatic rings. The molecule has 7 rings (SSSR count). The summed E-state index contributed by atoms with van der Waals surface area (Å²) in [6.45, 7) is 2.72. The minimum Gasteiger partial charge on any atom is -0.383 e. The second-order valence-electron chi connectivity index (χ2n) is 10.9. The third-order valence-corrected chi connectivity index (χ3v) is 7.95. The number of likely N-dealkylation sites (tertiary alicyclic amines) is 1. The Labute approximate surface area is 258 Å². The van der Waals surface area contributed by atoms with E-state index >= 15 is 0 Å². The van der Waals surface area contributed by atoms with Crippen LogP contribution in [0.2, 0.25) is 0 Å². The van der Waals surface area contributed by atoms with Gasteiger partial charge < -0.3 is 16.0 Å². The molecule has 4 N–H and O–H groups in total. The third-order valence-electron chi connectivity index (χ3n) is 7.95. The first-order valence-electron chi connectivity index (χ1n) is 14.6. The van der Waals surface area contributed by atoms with Crippen LogP contribution in [-0.2, 0) is 6.54 Å². The van der Waals surface area contributed by atoms with E-state index in [9.17, 15) is 4.79 Å². The third kappa shape index (κ3) is 5.84. The van der Waals surface area contributed by atoms with Crippen molar-refractivity contribution in [3.05, 3.63) is 107 Å². The SMILES string of the molecule is N#Cc1cc(NC2CCN(Cc3ccc(-n4c(-c5cccnc5N)nc5ccc(-c6cccc(=O)[nH]6)nc54)cc3)CC2)ncn1. The van der Waals surface area contributed by atoms with Gasteiger partial charge in [-0.25, -0.2) is 24.9 Å². The Bertz CT molecular complexity index is 2090. The first kappa shape index (κ1) is 27.9. The standard InChI is InChI=1S/C33H29N11O/c34-18-23-17-29(38-20-37-23)39-22-12-15-43(16-13-22)19-21-6-8-24(9-7-21)44-32(25-3-2-14-36-31(25)35)42-28-11-10-27(41-33(28)44)26-4-1-5-30(45)40-26/h1-11,14,17,20,22H,12-13,15-16,19H2,(H2,35,36)(H,40,45)(H,37,38,39). The molecule has 1 aliphatic heterocycles. The Morgan fingerprint density at radius 3 is 2.60 bits per heavy atom. The van der Waals surface area contributed by atoms with Crippen LogP contribution in [-0.4, -0.2) is 58.5 Å². The number of H-pyrrole nitrogens is 1. The van der Waals surface area contributed by atoms with Crippen molar-refractivity contribution >= 4 is 22.8 Å². The van der Waals surface area contributed by atoms with Crippen molar-refractivity contribution in [1.29, 1.82) is 5.26 Å². The number of piperidine rings is 1. The van der Waals surface area contributed by atoms with Crippen LogP contribution in [0.25, 0.3) is 39.6 Å². The van der Waals surface area contributed by atoms with E-state index in [1.54, 1.807) is 18.3 Å². The molecule has 0 atom stereocenters. The van der Waals surface area contributed by atoms with Gasteiger partial charge in [-0.3, -0.25) is 14.3 Å². The maximum atomic E-state index is 12.0. The Kier molecular flexibility index (Phi) is 7.42. The summed E-state index contributed by atoms with van der Waals surface area (Å²) in [4.78, 5) is 39.6. The van der Waals surface area contributed by atoms with Crippen LogP contribution >= 0.6 is 0 Å². The van der Waals surface area contributed by atoms with E-state index in [0.29, 0.717) is 57.3 Å². The fourth-order valence-corrected chi connectivity index (χ4v) is 5.69. The smallest absolute Gasteiger partial charge is 0.248 e. The molecule has 1 aromatic carbocycles. The van der Waals surface area contributed by atoms with E-state index < -0.39 is 0 Å². The van der Waals surface area contributed by atoms with E-state index in [4.69, 9.17) is 21.0 Å². The van der Waals surface area contributed by atoms with Gasteiger partial charge >= 0.3 is 0 Å². The molecule has 12 heteroatoms. The lowest BCUT2D eigenvalue weighted by Crippen LogP contribution is -2.38. The van der Waals surface area contributed by atoms with E-state index in [1.807, 2.05) is 34.9 Å². The largest absolute Gasteiger partial charge is 0.383 e. The summed E-state index contributed by atoms with van der Waals surface area (Å²) < 4.78 is 1.99. The molecule has 0 saturated carbocycles. The Balaban J connectivity index is 1.14. The van der Waals surface area contributed by atoms with Gasteiger partial charge in [0.2, 0.25) is 5.56 Å². The van der Waals surface area contributed by atoms with Crippen molar-refractivity contribution in [2.45, 2.75) is 25.4 Å². The van der Waals surface area contributed by atoms with Crippen molar-refractivity contribution in [1.82, 2.24) is 39.4 Å². The highest BCUT2D eigenvalue weighted by molar-refractivity contribution is 5.84. The highest BCUT2D eigenvalue weighted by atomic mass is 16.1. The lowest BCUT2D eigenvalue weighted by Gasteiger charge is -2.32. The number of nitriles is 1. The zero-order valence-electron chi connectivity index (χ0n) is 24.3. The monoisotopic (exact) mass is 595 g/mol. The van der Waals surface area contributed by atoms with Crippen LogP contribution in [0.4, 0.5) is 11.6 Å². The van der Waals surface area contributed by atoms with Gasteiger partial charge in [0, 0.05) is 49.7 Å². The van der Waals surface area contributed by atoms with Gasteiger partial charge in [-0.05, 0) is 60.9 Å². The molecule has 0 spiro atoms. The molecule has 0 unspecified atom stereocenters. The lowest BCUT2D eigenvalue weighted by atomic mass is 10.0. The molecular weight excluding hydrogens is 566 g/mol. The van der Waals surface area contributed by atoms with Gasteiger partial charge in [0.15, 0.2) is 11.5 Å². The fourth-order valence-electron chi connectivity index (χ4n) is 5.69. The van der Waals surface area contributed by atoms with Crippen LogP contribution < -0.4 is 16.6 Å². The number of aromatic amines is 1. The van der Waals surface area contributed by atoms with Gasteiger partial charge in [0.05, 0.1) is 17.0 Å². The van der Waals surface area contributed by atoms with Crippen LogP contribution in [0.3, 0.4) is 0 Å². The number of nitrogens with one attached hydrogen (secondary N) is 2. The van der Waals surface area contributed by atoms with Crippen molar-refractivity contribution in [3.63, 3.8) is 0 Å². The molecule has 6 heterocycles. The minimum atomic E-state index is -0.192. The summed E-state index contributed by atoms with van der Waals surface area (Å²) in [5.74, 6) is 1.70. The number of rotatable bonds is 7. The van der Waals surface area contributed by atoms with Gasteiger partial charge in [0.1, 0.15) is 35.2 Å². The van der Waals surface area contributed by atoms with Crippen LogP contribution in [0.5, 0.6) is 0 Å². The molecular formula is C33H29N11O. The van der Waals surface area contributed by atoms with E-state index in [2.05, 4.69) is 60.5 Å². The summed E-state index contributed by atoms with van der Waals surface area (Å²) in [6.07, 6.45) is 5.02. The second-order valence-corrected chi connectivity index (χ2v) is 10.9. The number of hydrogen-bond donors (Lipinski definition) is 3. The molecule has 45 heavy (non-hydrogen) atoms. The number of hydrogen-bond acceptors (Lipinski definition) is 10. The highest BCUT2D eigenvalue weighted by Crippen LogP contribution is 2.31. The second kappa shape index (κ2) is 12.0. The minimum absolute atomic E-state index is 0.192. The van der Waals surface area contributed by atoms with Gasteiger partial charge in [-0.1, -0.05) is 18.2 Å². The van der Waals surface area contributed by atoms with Crippen molar-refractivity contribution in [3.8, 4) is 34.5 Å². The molecule has 222 valence electrons. The lowest BCUT2D eigenvalue weighted by molar-refractivity contribution is 0.211. The predicted molar refractivity (Wildman–Crippen MR) is 171 cm³/mol. The summed E-state index contributed by atoms with van der Waals surface area (Å²) >= 11 is 0. The molecule has 0 bridgehead atoms. The average Bonchev–Trinajstić information content (AvgIpc) is 3.45.